The predicted octanol–water partition coefficient (Wildman–Crippen LogP) is 1.63. The third-order valence-electron chi connectivity index (χ3n) is 2.00. The Hall–Kier alpha value is -0.610. The molecule has 0 radical (unpaired) electrons. The van der Waals surface area contributed by atoms with Gasteiger partial charge in [-0.25, -0.2) is 0 Å². The first-order chi connectivity index (χ1) is 6.33. The van der Waals surface area contributed by atoms with Gasteiger partial charge in [0.2, 0.25) is 0 Å². The molecule has 0 aromatic rings. The zero-order valence-electron chi connectivity index (χ0n) is 7.98. The van der Waals surface area contributed by atoms with Crippen LogP contribution in [0.3, 0.4) is 0 Å². The summed E-state index contributed by atoms with van der Waals surface area (Å²) < 4.78 is 10.8. The topological polar surface area (TPSA) is 51.1 Å². The highest BCUT2D eigenvalue weighted by atomic mass is 16.7. The second-order valence-corrected chi connectivity index (χ2v) is 3.37. The Morgan fingerprint density at radius 2 is 2.54 bits per heavy atom. The average Bonchev–Trinajstić information content (AvgIpc) is 2.17. The van der Waals surface area contributed by atoms with Gasteiger partial charge in [0.25, 0.3) is 0 Å². The first kappa shape index (κ1) is 10.5. The highest BCUT2D eigenvalue weighted by molar-refractivity contribution is 5.59. The number of hydrogen-bond acceptors (Lipinski definition) is 4. The van der Waals surface area contributed by atoms with Crippen molar-refractivity contribution in [2.45, 2.75) is 32.5 Å². The van der Waals surface area contributed by atoms with Crippen LogP contribution in [0.4, 0.5) is 0 Å². The lowest BCUT2D eigenvalue weighted by molar-refractivity contribution is -0.165. The molecule has 0 aromatic carbocycles. The summed E-state index contributed by atoms with van der Waals surface area (Å²) in [6.07, 6.45) is 4.69. The number of rotatable bonds is 4. The van der Waals surface area contributed by atoms with Crippen molar-refractivity contribution in [3.05, 3.63) is 0 Å². The summed E-state index contributed by atoms with van der Waals surface area (Å²) in [5.41, 5.74) is 0. The quantitative estimate of drug-likeness (QED) is 0.413. The van der Waals surface area contributed by atoms with E-state index in [9.17, 15) is 0 Å². The molecule has 0 spiro atoms. The van der Waals surface area contributed by atoms with Crippen molar-refractivity contribution < 1.29 is 14.7 Å². The fourth-order valence-electron chi connectivity index (χ4n) is 1.26. The van der Waals surface area contributed by atoms with Crippen molar-refractivity contribution in [2.24, 2.45) is 11.1 Å². The van der Waals surface area contributed by atoms with Crippen LogP contribution in [0.2, 0.25) is 0 Å². The van der Waals surface area contributed by atoms with E-state index in [1.807, 2.05) is 6.92 Å². The van der Waals surface area contributed by atoms with Gasteiger partial charge in [-0.1, -0.05) is 6.92 Å². The standard InChI is InChI=1S/C9H17NO3/c1-8(6-10-11)7-13-9-4-2-3-5-12-9/h6,8-9,11H,2-5,7H2,1H3/b10-6+/t8-,9?/m0/s1. The van der Waals surface area contributed by atoms with E-state index >= 15 is 0 Å². The van der Waals surface area contributed by atoms with E-state index in [-0.39, 0.29) is 12.2 Å². The molecule has 1 heterocycles. The Kier molecular flexibility index (Phi) is 4.78. The van der Waals surface area contributed by atoms with Crippen molar-refractivity contribution >= 4 is 6.21 Å². The summed E-state index contributed by atoms with van der Waals surface area (Å²) in [6.45, 7) is 3.28. The molecule has 0 amide bonds. The van der Waals surface area contributed by atoms with Gasteiger partial charge in [-0.3, -0.25) is 0 Å². The Labute approximate surface area is 78.5 Å². The van der Waals surface area contributed by atoms with E-state index < -0.39 is 0 Å². The summed E-state index contributed by atoms with van der Waals surface area (Å²) in [7, 11) is 0. The lowest BCUT2D eigenvalue weighted by Crippen LogP contribution is -2.24. The third kappa shape index (κ3) is 4.24. The van der Waals surface area contributed by atoms with Crippen LogP contribution in [0.25, 0.3) is 0 Å². The SMILES string of the molecule is C[C@@H](/C=N/O)COC1CCCCO1. The van der Waals surface area contributed by atoms with Gasteiger partial charge in [0, 0.05) is 18.7 Å². The molecule has 2 atom stereocenters. The number of nitrogens with zero attached hydrogens (tertiary/aromatic N) is 1. The molecule has 0 aromatic heterocycles. The summed E-state index contributed by atoms with van der Waals surface area (Å²) in [5, 5.41) is 11.2. The first-order valence-electron chi connectivity index (χ1n) is 4.73. The van der Waals surface area contributed by atoms with Gasteiger partial charge in [-0.05, 0) is 19.3 Å². The Bertz CT molecular complexity index is 155. The summed E-state index contributed by atoms with van der Waals surface area (Å²) in [4.78, 5) is 0. The maximum atomic E-state index is 8.26. The summed E-state index contributed by atoms with van der Waals surface area (Å²) in [5.74, 6) is 0.135. The minimum atomic E-state index is -0.0525. The summed E-state index contributed by atoms with van der Waals surface area (Å²) in [6, 6.07) is 0. The van der Waals surface area contributed by atoms with E-state index in [0.29, 0.717) is 6.61 Å². The van der Waals surface area contributed by atoms with Crippen LogP contribution in [0.1, 0.15) is 26.2 Å². The van der Waals surface area contributed by atoms with E-state index in [4.69, 9.17) is 14.7 Å². The molecule has 1 aliphatic heterocycles. The molecular weight excluding hydrogens is 170 g/mol. The highest BCUT2D eigenvalue weighted by Crippen LogP contribution is 2.14. The lowest BCUT2D eigenvalue weighted by atomic mass is 10.2. The van der Waals surface area contributed by atoms with E-state index in [1.165, 1.54) is 12.6 Å². The van der Waals surface area contributed by atoms with Gasteiger partial charge in [-0.15, -0.1) is 5.16 Å². The molecule has 0 saturated carbocycles. The van der Waals surface area contributed by atoms with Crippen LogP contribution in [0.15, 0.2) is 5.16 Å². The molecule has 1 unspecified atom stereocenters. The van der Waals surface area contributed by atoms with Crippen molar-refractivity contribution in [3.8, 4) is 0 Å². The monoisotopic (exact) mass is 187 g/mol. The van der Waals surface area contributed by atoms with Crippen molar-refractivity contribution in [1.82, 2.24) is 0 Å². The van der Waals surface area contributed by atoms with Gasteiger partial charge in [0.1, 0.15) is 0 Å². The Balaban J connectivity index is 2.09. The Morgan fingerprint density at radius 1 is 1.69 bits per heavy atom. The lowest BCUT2D eigenvalue weighted by Gasteiger charge is -2.23. The molecule has 13 heavy (non-hydrogen) atoms. The molecule has 1 aliphatic rings. The van der Waals surface area contributed by atoms with E-state index in [0.717, 1.165) is 19.4 Å². The van der Waals surface area contributed by atoms with Crippen LogP contribution in [0.5, 0.6) is 0 Å². The second-order valence-electron chi connectivity index (χ2n) is 3.37. The molecule has 0 bridgehead atoms. The molecular formula is C9H17NO3. The molecule has 0 aliphatic carbocycles. The zero-order chi connectivity index (χ0) is 9.52. The smallest absolute Gasteiger partial charge is 0.157 e. The zero-order valence-corrected chi connectivity index (χ0v) is 7.98. The van der Waals surface area contributed by atoms with Gasteiger partial charge in [0.05, 0.1) is 6.61 Å². The van der Waals surface area contributed by atoms with E-state index in [1.54, 1.807) is 0 Å². The molecule has 76 valence electrons. The van der Waals surface area contributed by atoms with Gasteiger partial charge in [-0.2, -0.15) is 0 Å². The normalized spacial score (nSPS) is 26.4. The van der Waals surface area contributed by atoms with Crippen molar-refractivity contribution in [1.29, 1.82) is 0 Å². The molecule has 1 saturated heterocycles. The van der Waals surface area contributed by atoms with Crippen LogP contribution in [-0.2, 0) is 9.47 Å². The van der Waals surface area contributed by atoms with Gasteiger partial charge >= 0.3 is 0 Å². The fraction of sp³-hybridized carbons (Fsp3) is 0.889. The van der Waals surface area contributed by atoms with Crippen molar-refractivity contribution in [3.63, 3.8) is 0 Å². The molecule has 1 N–H and O–H groups in total. The third-order valence-corrected chi connectivity index (χ3v) is 2.00. The predicted molar refractivity (Wildman–Crippen MR) is 49.0 cm³/mol. The van der Waals surface area contributed by atoms with Crippen LogP contribution >= 0.6 is 0 Å². The van der Waals surface area contributed by atoms with Crippen molar-refractivity contribution in [2.75, 3.05) is 13.2 Å². The number of oxime groups is 1. The van der Waals surface area contributed by atoms with E-state index in [2.05, 4.69) is 5.16 Å². The average molecular weight is 187 g/mol. The highest BCUT2D eigenvalue weighted by Gasteiger charge is 2.14. The molecule has 4 nitrogen and oxygen atoms in total. The van der Waals surface area contributed by atoms with Crippen LogP contribution in [-0.4, -0.2) is 30.9 Å². The minimum absolute atomic E-state index is 0.0525. The minimum Gasteiger partial charge on any atom is -0.411 e. The first-order valence-corrected chi connectivity index (χ1v) is 4.73. The van der Waals surface area contributed by atoms with Crippen LogP contribution in [0, 0.1) is 5.92 Å². The van der Waals surface area contributed by atoms with Gasteiger partial charge < -0.3 is 14.7 Å². The molecule has 1 fully saturated rings. The Morgan fingerprint density at radius 3 is 3.15 bits per heavy atom. The largest absolute Gasteiger partial charge is 0.411 e. The second kappa shape index (κ2) is 5.94. The van der Waals surface area contributed by atoms with Gasteiger partial charge in [0.15, 0.2) is 6.29 Å². The molecule has 1 rings (SSSR count). The fourth-order valence-corrected chi connectivity index (χ4v) is 1.26. The number of ether oxygens (including phenoxy) is 2. The molecule has 4 heteroatoms. The van der Waals surface area contributed by atoms with Crippen LogP contribution < -0.4 is 0 Å². The summed E-state index contributed by atoms with van der Waals surface area (Å²) >= 11 is 0. The maximum Gasteiger partial charge on any atom is 0.157 e. The number of hydrogen-bond donors (Lipinski definition) is 1. The maximum absolute atomic E-state index is 8.26.